The second-order valence-electron chi connectivity index (χ2n) is 7.34. The van der Waals surface area contributed by atoms with E-state index in [0.717, 1.165) is 16.7 Å². The smallest absolute Gasteiger partial charge is 0.244 e. The van der Waals surface area contributed by atoms with Crippen molar-refractivity contribution in [2.24, 2.45) is 0 Å². The fourth-order valence-corrected chi connectivity index (χ4v) is 5.44. The molecule has 1 amide bonds. The summed E-state index contributed by atoms with van der Waals surface area (Å²) in [5.74, 6) is -0.345. The van der Waals surface area contributed by atoms with Gasteiger partial charge < -0.3 is 5.32 Å². The highest BCUT2D eigenvalue weighted by Crippen LogP contribution is 2.29. The Bertz CT molecular complexity index is 1200. The lowest BCUT2D eigenvalue weighted by Crippen LogP contribution is -2.52. The topological polar surface area (TPSA) is 66.5 Å². The van der Waals surface area contributed by atoms with Gasteiger partial charge in [-0.05, 0) is 59.5 Å². The molecule has 0 aliphatic carbocycles. The summed E-state index contributed by atoms with van der Waals surface area (Å²) < 4.78 is 28.1. The van der Waals surface area contributed by atoms with Gasteiger partial charge in [0, 0.05) is 23.1 Å². The van der Waals surface area contributed by atoms with Crippen molar-refractivity contribution >= 4 is 39.1 Å². The van der Waals surface area contributed by atoms with Gasteiger partial charge in [-0.25, -0.2) is 8.42 Å². The van der Waals surface area contributed by atoms with Crippen molar-refractivity contribution in [2.75, 3.05) is 0 Å². The normalized spacial score (nSPS) is 16.5. The second-order valence-corrected chi connectivity index (χ2v) is 10.1. The predicted molar refractivity (Wildman–Crippen MR) is 121 cm³/mol. The molecular weight excluding hydrogens is 455 g/mol. The van der Waals surface area contributed by atoms with Crippen molar-refractivity contribution < 1.29 is 13.2 Å². The molecule has 160 valence electrons. The Labute approximate surface area is 191 Å². The summed E-state index contributed by atoms with van der Waals surface area (Å²) in [6, 6.07) is 19.8. The van der Waals surface area contributed by atoms with Crippen LogP contribution in [0.5, 0.6) is 0 Å². The number of nitrogens with zero attached hydrogens (tertiary/aromatic N) is 1. The molecule has 0 fully saturated rings. The van der Waals surface area contributed by atoms with Crippen LogP contribution in [0.3, 0.4) is 0 Å². The van der Waals surface area contributed by atoms with Gasteiger partial charge in [0.05, 0.1) is 4.90 Å². The number of amides is 1. The van der Waals surface area contributed by atoms with Crippen molar-refractivity contribution in [1.82, 2.24) is 9.62 Å². The molecule has 1 aliphatic heterocycles. The standard InChI is InChI=1S/C23H20Cl2N2O3S/c24-19-7-5-16(6-8-19)14-26-23(28)22-13-17-3-1-2-4-18(17)15-27(22)31(29,30)21-11-9-20(25)10-12-21/h1-12,22H,13-15H2,(H,26,28)/t22-/m1/s1. The highest BCUT2D eigenvalue weighted by atomic mass is 35.5. The number of rotatable bonds is 5. The maximum atomic E-state index is 13.4. The van der Waals surface area contributed by atoms with Gasteiger partial charge in [0.15, 0.2) is 0 Å². The van der Waals surface area contributed by atoms with Crippen LogP contribution in [-0.2, 0) is 34.3 Å². The number of nitrogens with one attached hydrogen (secondary N) is 1. The third-order valence-electron chi connectivity index (χ3n) is 5.31. The first kappa shape index (κ1) is 21.8. The summed E-state index contributed by atoms with van der Waals surface area (Å²) in [5.41, 5.74) is 2.74. The van der Waals surface area contributed by atoms with Gasteiger partial charge in [0.25, 0.3) is 0 Å². The van der Waals surface area contributed by atoms with Gasteiger partial charge in [-0.1, -0.05) is 59.6 Å². The highest BCUT2D eigenvalue weighted by Gasteiger charge is 2.39. The van der Waals surface area contributed by atoms with Crippen LogP contribution in [0.1, 0.15) is 16.7 Å². The molecule has 0 bridgehead atoms. The number of fused-ring (bicyclic) bond motifs is 1. The monoisotopic (exact) mass is 474 g/mol. The third kappa shape index (κ3) is 4.77. The van der Waals surface area contributed by atoms with E-state index in [1.165, 1.54) is 28.6 Å². The molecule has 4 rings (SSSR count). The quantitative estimate of drug-likeness (QED) is 0.594. The van der Waals surface area contributed by atoms with Gasteiger partial charge >= 0.3 is 0 Å². The molecule has 1 atom stereocenters. The Hall–Kier alpha value is -2.38. The van der Waals surface area contributed by atoms with Crippen LogP contribution in [0.15, 0.2) is 77.7 Å². The zero-order valence-corrected chi connectivity index (χ0v) is 18.8. The average Bonchev–Trinajstić information content (AvgIpc) is 2.78. The molecule has 1 aliphatic rings. The number of benzene rings is 3. The van der Waals surface area contributed by atoms with Crippen LogP contribution in [-0.4, -0.2) is 24.7 Å². The summed E-state index contributed by atoms with van der Waals surface area (Å²) in [5, 5.41) is 3.93. The van der Waals surface area contributed by atoms with E-state index in [-0.39, 0.29) is 23.9 Å². The van der Waals surface area contributed by atoms with E-state index >= 15 is 0 Å². The van der Waals surface area contributed by atoms with Crippen LogP contribution in [0.4, 0.5) is 0 Å². The molecule has 0 unspecified atom stereocenters. The lowest BCUT2D eigenvalue weighted by Gasteiger charge is -2.35. The summed E-state index contributed by atoms with van der Waals surface area (Å²) >= 11 is 11.8. The molecule has 1 N–H and O–H groups in total. The molecule has 0 aromatic heterocycles. The zero-order chi connectivity index (χ0) is 22.0. The van der Waals surface area contributed by atoms with Gasteiger partial charge in [-0.15, -0.1) is 0 Å². The molecule has 0 saturated carbocycles. The molecule has 3 aromatic carbocycles. The van der Waals surface area contributed by atoms with Gasteiger partial charge in [0.2, 0.25) is 15.9 Å². The average molecular weight is 475 g/mol. The second kappa shape index (κ2) is 9.01. The maximum absolute atomic E-state index is 13.4. The molecule has 31 heavy (non-hydrogen) atoms. The fraction of sp³-hybridized carbons (Fsp3) is 0.174. The summed E-state index contributed by atoms with van der Waals surface area (Å²) in [6.07, 6.45) is 0.301. The van der Waals surface area contributed by atoms with E-state index in [4.69, 9.17) is 23.2 Å². The van der Waals surface area contributed by atoms with Crippen molar-refractivity contribution in [3.8, 4) is 0 Å². The molecule has 3 aromatic rings. The Balaban J connectivity index is 1.63. The molecule has 1 heterocycles. The fourth-order valence-electron chi connectivity index (χ4n) is 3.63. The van der Waals surface area contributed by atoms with Crippen LogP contribution < -0.4 is 5.32 Å². The first-order chi connectivity index (χ1) is 14.8. The highest BCUT2D eigenvalue weighted by molar-refractivity contribution is 7.89. The Morgan fingerprint density at radius 3 is 2.13 bits per heavy atom. The molecule has 0 spiro atoms. The Morgan fingerprint density at radius 1 is 0.903 bits per heavy atom. The predicted octanol–water partition coefficient (Wildman–Crippen LogP) is 4.43. The third-order valence-corrected chi connectivity index (χ3v) is 7.68. The minimum absolute atomic E-state index is 0.104. The Morgan fingerprint density at radius 2 is 1.48 bits per heavy atom. The van der Waals surface area contributed by atoms with E-state index in [1.54, 1.807) is 12.1 Å². The number of hydrogen-bond acceptors (Lipinski definition) is 3. The van der Waals surface area contributed by atoms with Crippen LogP contribution in [0, 0.1) is 0 Å². The van der Waals surface area contributed by atoms with Crippen molar-refractivity contribution in [2.45, 2.75) is 30.4 Å². The van der Waals surface area contributed by atoms with E-state index in [0.29, 0.717) is 16.5 Å². The Kier molecular flexibility index (Phi) is 6.34. The number of hydrogen-bond donors (Lipinski definition) is 1. The first-order valence-electron chi connectivity index (χ1n) is 9.71. The molecule has 0 saturated heterocycles. The van der Waals surface area contributed by atoms with E-state index in [9.17, 15) is 13.2 Å². The summed E-state index contributed by atoms with van der Waals surface area (Å²) in [4.78, 5) is 13.2. The minimum Gasteiger partial charge on any atom is -0.351 e. The van der Waals surface area contributed by atoms with Gasteiger partial charge in [0.1, 0.15) is 6.04 Å². The lowest BCUT2D eigenvalue weighted by atomic mass is 9.95. The van der Waals surface area contributed by atoms with Crippen molar-refractivity contribution in [3.63, 3.8) is 0 Å². The van der Waals surface area contributed by atoms with E-state index < -0.39 is 16.1 Å². The SMILES string of the molecule is O=C(NCc1ccc(Cl)cc1)[C@H]1Cc2ccccc2CN1S(=O)(=O)c1ccc(Cl)cc1. The number of halogens is 2. The lowest BCUT2D eigenvalue weighted by molar-refractivity contribution is -0.125. The minimum atomic E-state index is -3.91. The van der Waals surface area contributed by atoms with Crippen LogP contribution in [0.2, 0.25) is 10.0 Å². The van der Waals surface area contributed by atoms with E-state index in [2.05, 4.69) is 5.32 Å². The largest absolute Gasteiger partial charge is 0.351 e. The molecule has 8 heteroatoms. The zero-order valence-electron chi connectivity index (χ0n) is 16.5. The van der Waals surface area contributed by atoms with Crippen LogP contribution >= 0.6 is 23.2 Å². The number of carbonyl (C=O) groups is 1. The number of carbonyl (C=O) groups excluding carboxylic acids is 1. The summed E-state index contributed by atoms with van der Waals surface area (Å²) in [6.45, 7) is 0.406. The maximum Gasteiger partial charge on any atom is 0.244 e. The molecular formula is C23H20Cl2N2O3S. The van der Waals surface area contributed by atoms with Gasteiger partial charge in [-0.3, -0.25) is 4.79 Å². The summed E-state index contributed by atoms with van der Waals surface area (Å²) in [7, 11) is -3.91. The van der Waals surface area contributed by atoms with E-state index in [1.807, 2.05) is 36.4 Å². The number of sulfonamides is 1. The van der Waals surface area contributed by atoms with Crippen molar-refractivity contribution in [1.29, 1.82) is 0 Å². The molecule has 5 nitrogen and oxygen atoms in total. The molecule has 0 radical (unpaired) electrons. The van der Waals surface area contributed by atoms with Crippen molar-refractivity contribution in [3.05, 3.63) is 99.5 Å². The van der Waals surface area contributed by atoms with Gasteiger partial charge in [-0.2, -0.15) is 4.31 Å². The van der Waals surface area contributed by atoms with Crippen LogP contribution in [0.25, 0.3) is 0 Å². The first-order valence-corrected chi connectivity index (χ1v) is 11.9.